The van der Waals surface area contributed by atoms with Gasteiger partial charge in [0.25, 0.3) is 0 Å². The Morgan fingerprint density at radius 1 is 1.44 bits per heavy atom. The van der Waals surface area contributed by atoms with Crippen LogP contribution in [0.3, 0.4) is 0 Å². The third-order valence-electron chi connectivity index (χ3n) is 2.55. The summed E-state index contributed by atoms with van der Waals surface area (Å²) in [7, 11) is -3.75. The lowest BCUT2D eigenvalue weighted by Gasteiger charge is -2.07. The lowest BCUT2D eigenvalue weighted by molar-refractivity contribution is -0.118. The normalized spacial score (nSPS) is 15.4. The van der Waals surface area contributed by atoms with Crippen LogP contribution >= 0.6 is 11.6 Å². The van der Waals surface area contributed by atoms with E-state index in [-0.39, 0.29) is 16.0 Å². The molecule has 1 saturated carbocycles. The monoisotopic (exact) mass is 288 g/mol. The molecule has 98 valence electrons. The highest BCUT2D eigenvalue weighted by molar-refractivity contribution is 7.92. The average molecular weight is 289 g/mol. The van der Waals surface area contributed by atoms with Crippen molar-refractivity contribution in [1.29, 1.82) is 0 Å². The number of halogens is 1. The smallest absolute Gasteiger partial charge is 0.235 e. The van der Waals surface area contributed by atoms with E-state index < -0.39 is 21.5 Å². The fourth-order valence-electron chi connectivity index (χ4n) is 1.51. The van der Waals surface area contributed by atoms with Crippen molar-refractivity contribution < 1.29 is 13.2 Å². The van der Waals surface area contributed by atoms with Gasteiger partial charge in [-0.25, -0.2) is 8.42 Å². The minimum Gasteiger partial charge on any atom is -0.399 e. The molecule has 0 heterocycles. The first-order chi connectivity index (χ1) is 8.38. The maximum Gasteiger partial charge on any atom is 0.235 e. The summed E-state index contributed by atoms with van der Waals surface area (Å²) in [5, 5.41) is 2.69. The largest absolute Gasteiger partial charge is 0.399 e. The van der Waals surface area contributed by atoms with Gasteiger partial charge in [0, 0.05) is 11.7 Å². The summed E-state index contributed by atoms with van der Waals surface area (Å²) >= 11 is 5.82. The van der Waals surface area contributed by atoms with Gasteiger partial charge in [-0.2, -0.15) is 0 Å². The van der Waals surface area contributed by atoms with Crippen molar-refractivity contribution in [3.8, 4) is 0 Å². The highest BCUT2D eigenvalue weighted by atomic mass is 35.5. The molecule has 3 N–H and O–H groups in total. The molecule has 0 bridgehead atoms. The Kier molecular flexibility index (Phi) is 3.49. The zero-order valence-corrected chi connectivity index (χ0v) is 11.1. The highest BCUT2D eigenvalue weighted by Gasteiger charge is 2.27. The summed E-state index contributed by atoms with van der Waals surface area (Å²) in [4.78, 5) is 11.4. The lowest BCUT2D eigenvalue weighted by Crippen LogP contribution is -2.31. The molecule has 0 saturated heterocycles. The molecule has 1 aromatic carbocycles. The van der Waals surface area contributed by atoms with Crippen LogP contribution in [0.2, 0.25) is 5.02 Å². The van der Waals surface area contributed by atoms with Crippen LogP contribution in [0.15, 0.2) is 23.1 Å². The topological polar surface area (TPSA) is 89.3 Å². The number of amides is 1. The van der Waals surface area contributed by atoms with Gasteiger partial charge in [-0.15, -0.1) is 0 Å². The van der Waals surface area contributed by atoms with E-state index in [0.717, 1.165) is 12.8 Å². The van der Waals surface area contributed by atoms with E-state index in [1.54, 1.807) is 0 Å². The van der Waals surface area contributed by atoms with Crippen molar-refractivity contribution >= 4 is 33.0 Å². The molecule has 0 spiro atoms. The van der Waals surface area contributed by atoms with E-state index in [1.807, 2.05) is 0 Å². The Morgan fingerprint density at radius 3 is 2.72 bits per heavy atom. The Balaban J connectivity index is 2.18. The molecule has 7 heteroatoms. The molecule has 1 aliphatic carbocycles. The minimum atomic E-state index is -3.75. The number of nitrogen functional groups attached to an aromatic ring is 1. The molecule has 0 aliphatic heterocycles. The van der Waals surface area contributed by atoms with Crippen molar-refractivity contribution in [2.75, 3.05) is 11.5 Å². The molecule has 1 aromatic rings. The van der Waals surface area contributed by atoms with Crippen LogP contribution in [0.4, 0.5) is 5.69 Å². The quantitative estimate of drug-likeness (QED) is 0.808. The van der Waals surface area contributed by atoms with Crippen LogP contribution in [0.25, 0.3) is 0 Å². The molecule has 1 aliphatic rings. The molecule has 0 radical (unpaired) electrons. The maximum atomic E-state index is 12.0. The molecular weight excluding hydrogens is 276 g/mol. The SMILES string of the molecule is Nc1ccc(Cl)c(S(=O)(=O)CC(=O)NC2CC2)c1. The van der Waals surface area contributed by atoms with E-state index in [0.29, 0.717) is 5.69 Å². The predicted molar refractivity (Wildman–Crippen MR) is 69.1 cm³/mol. The van der Waals surface area contributed by atoms with Crippen LogP contribution in [0.5, 0.6) is 0 Å². The third kappa shape index (κ3) is 3.14. The maximum absolute atomic E-state index is 12.0. The Morgan fingerprint density at radius 2 is 2.11 bits per heavy atom. The zero-order chi connectivity index (χ0) is 13.3. The number of carbonyl (C=O) groups excluding carboxylic acids is 1. The number of sulfone groups is 1. The number of rotatable bonds is 4. The Bertz CT molecular complexity index is 582. The molecule has 2 rings (SSSR count). The second kappa shape index (κ2) is 4.78. The van der Waals surface area contributed by atoms with E-state index in [1.165, 1.54) is 18.2 Å². The van der Waals surface area contributed by atoms with Gasteiger partial charge in [0.2, 0.25) is 5.91 Å². The van der Waals surface area contributed by atoms with Gasteiger partial charge in [0.15, 0.2) is 9.84 Å². The zero-order valence-electron chi connectivity index (χ0n) is 9.52. The number of carbonyl (C=O) groups is 1. The number of hydrogen-bond donors (Lipinski definition) is 2. The van der Waals surface area contributed by atoms with Crippen molar-refractivity contribution in [3.63, 3.8) is 0 Å². The minimum absolute atomic E-state index is 0.0726. The van der Waals surface area contributed by atoms with Crippen molar-refractivity contribution in [3.05, 3.63) is 23.2 Å². The molecule has 1 amide bonds. The van der Waals surface area contributed by atoms with E-state index in [2.05, 4.69) is 5.32 Å². The summed E-state index contributed by atoms with van der Waals surface area (Å²) in [5.74, 6) is -1.11. The average Bonchev–Trinajstić information content (AvgIpc) is 3.04. The first-order valence-corrected chi connectivity index (χ1v) is 7.48. The van der Waals surface area contributed by atoms with Gasteiger partial charge in [-0.1, -0.05) is 11.6 Å². The van der Waals surface area contributed by atoms with Gasteiger partial charge in [0.1, 0.15) is 5.75 Å². The number of nitrogens with one attached hydrogen (secondary N) is 1. The van der Waals surface area contributed by atoms with Gasteiger partial charge in [-0.3, -0.25) is 4.79 Å². The third-order valence-corrected chi connectivity index (χ3v) is 4.65. The summed E-state index contributed by atoms with van der Waals surface area (Å²) in [6, 6.07) is 4.31. The highest BCUT2D eigenvalue weighted by Crippen LogP contribution is 2.25. The van der Waals surface area contributed by atoms with Crippen molar-refractivity contribution in [2.24, 2.45) is 0 Å². The van der Waals surface area contributed by atoms with Crippen molar-refractivity contribution in [1.82, 2.24) is 5.32 Å². The van der Waals surface area contributed by atoms with E-state index in [4.69, 9.17) is 17.3 Å². The van der Waals surface area contributed by atoms with Crippen LogP contribution in [0.1, 0.15) is 12.8 Å². The molecule has 5 nitrogen and oxygen atoms in total. The summed E-state index contributed by atoms with van der Waals surface area (Å²) < 4.78 is 24.0. The van der Waals surface area contributed by atoms with Gasteiger partial charge < -0.3 is 11.1 Å². The van der Waals surface area contributed by atoms with E-state index >= 15 is 0 Å². The number of benzene rings is 1. The standard InChI is InChI=1S/C11H13ClN2O3S/c12-9-4-1-7(13)5-10(9)18(16,17)6-11(15)14-8-2-3-8/h1,4-5,8H,2-3,6,13H2,(H,14,15). The Hall–Kier alpha value is -1.27. The van der Waals surface area contributed by atoms with Gasteiger partial charge >= 0.3 is 0 Å². The number of nitrogens with two attached hydrogens (primary N) is 1. The molecular formula is C11H13ClN2O3S. The van der Waals surface area contributed by atoms with Crippen LogP contribution < -0.4 is 11.1 Å². The lowest BCUT2D eigenvalue weighted by atomic mass is 10.3. The first-order valence-electron chi connectivity index (χ1n) is 5.45. The second-order valence-corrected chi connectivity index (χ2v) is 6.66. The second-order valence-electron chi connectivity index (χ2n) is 4.29. The summed E-state index contributed by atoms with van der Waals surface area (Å²) in [5.41, 5.74) is 5.81. The van der Waals surface area contributed by atoms with Crippen molar-refractivity contribution in [2.45, 2.75) is 23.8 Å². The fraction of sp³-hybridized carbons (Fsp3) is 0.364. The molecule has 0 unspecified atom stereocenters. The summed E-state index contributed by atoms with van der Waals surface area (Å²) in [6.45, 7) is 0. The molecule has 18 heavy (non-hydrogen) atoms. The van der Waals surface area contributed by atoms with E-state index in [9.17, 15) is 13.2 Å². The fourth-order valence-corrected chi connectivity index (χ4v) is 3.24. The molecule has 0 atom stereocenters. The first kappa shape index (κ1) is 13.2. The number of anilines is 1. The Labute approximate surface area is 110 Å². The molecule has 1 fully saturated rings. The van der Waals surface area contributed by atoms with Crippen LogP contribution in [-0.2, 0) is 14.6 Å². The van der Waals surface area contributed by atoms with Crippen LogP contribution in [0, 0.1) is 0 Å². The van der Waals surface area contributed by atoms with Gasteiger partial charge in [-0.05, 0) is 31.0 Å². The molecule has 0 aromatic heterocycles. The summed E-state index contributed by atoms with van der Waals surface area (Å²) in [6.07, 6.45) is 1.82. The number of hydrogen-bond acceptors (Lipinski definition) is 4. The van der Waals surface area contributed by atoms with Gasteiger partial charge in [0.05, 0.1) is 9.92 Å². The van der Waals surface area contributed by atoms with Crippen LogP contribution in [-0.4, -0.2) is 26.1 Å². The predicted octanol–water partition coefficient (Wildman–Crippen LogP) is 0.975.